The molecule has 146 valence electrons. The van der Waals surface area contributed by atoms with E-state index >= 15 is 0 Å². The van der Waals surface area contributed by atoms with Crippen molar-refractivity contribution in [2.45, 2.75) is 43.8 Å². The molecule has 2 fully saturated rings. The molecule has 1 N–H and O–H groups in total. The highest BCUT2D eigenvalue weighted by Gasteiger charge is 2.43. The van der Waals surface area contributed by atoms with Gasteiger partial charge in [-0.15, -0.1) is 0 Å². The Morgan fingerprint density at radius 2 is 1.71 bits per heavy atom. The Morgan fingerprint density at radius 3 is 2.36 bits per heavy atom. The molecule has 3 heterocycles. The number of nitrogens with one attached hydrogen (secondary N) is 1. The van der Waals surface area contributed by atoms with Crippen molar-refractivity contribution in [3.8, 4) is 5.75 Å². The van der Waals surface area contributed by atoms with Gasteiger partial charge in [0.05, 0.1) is 0 Å². The number of halogens is 1. The van der Waals surface area contributed by atoms with E-state index in [-0.39, 0.29) is 36.5 Å². The number of pyridine rings is 1. The highest BCUT2D eigenvalue weighted by Crippen LogP contribution is 2.36. The Kier molecular flexibility index (Phi) is 5.48. The van der Waals surface area contributed by atoms with Crippen LogP contribution in [0.5, 0.6) is 5.75 Å². The number of fused-ring (bicyclic) bond motifs is 2. The summed E-state index contributed by atoms with van der Waals surface area (Å²) in [6.07, 6.45) is 6.72. The number of carbonyl (C=O) groups is 2. The number of hydrogen-bond donors (Lipinski definition) is 1. The Hall–Kier alpha value is -2.60. The molecule has 2 saturated heterocycles. The summed E-state index contributed by atoms with van der Waals surface area (Å²) < 4.78 is 5.62. The minimum Gasteiger partial charge on any atom is -0.484 e. The van der Waals surface area contributed by atoms with E-state index in [2.05, 4.69) is 10.3 Å². The van der Waals surface area contributed by atoms with Crippen LogP contribution in [-0.4, -0.2) is 46.4 Å². The molecule has 2 aromatic rings. The first-order chi connectivity index (χ1) is 13.6. The van der Waals surface area contributed by atoms with E-state index in [1.165, 1.54) is 0 Å². The molecule has 1 aromatic carbocycles. The number of benzene rings is 1. The first-order valence-electron chi connectivity index (χ1n) is 9.50. The van der Waals surface area contributed by atoms with Crippen molar-refractivity contribution in [1.82, 2.24) is 15.2 Å². The van der Waals surface area contributed by atoms with Gasteiger partial charge in [0.25, 0.3) is 11.8 Å². The van der Waals surface area contributed by atoms with Gasteiger partial charge in [-0.25, -0.2) is 0 Å². The number of piperidine rings is 1. The molecule has 1 unspecified atom stereocenters. The largest absolute Gasteiger partial charge is 0.484 e. The molecule has 0 saturated carbocycles. The molecule has 3 atom stereocenters. The smallest absolute Gasteiger partial charge is 0.261 e. The van der Waals surface area contributed by atoms with Gasteiger partial charge in [-0.05, 0) is 62.1 Å². The Morgan fingerprint density at radius 1 is 1.07 bits per heavy atom. The van der Waals surface area contributed by atoms with Crippen molar-refractivity contribution in [1.29, 1.82) is 0 Å². The standard InChI is InChI=1S/C21H22ClN3O3/c22-15-1-5-19(6-2-15)28-13-20(26)25-17-3-4-18(25)12-16(11-17)24-21(27)14-7-9-23-10-8-14/h1-2,5-10,16-18H,3-4,11-13H2,(H,24,27)/t16?,17-,18+. The fraction of sp³-hybridized carbons (Fsp3) is 0.381. The van der Waals surface area contributed by atoms with Gasteiger partial charge in [0.15, 0.2) is 6.61 Å². The van der Waals surface area contributed by atoms with E-state index in [4.69, 9.17) is 16.3 Å². The van der Waals surface area contributed by atoms with Crippen LogP contribution in [0.3, 0.4) is 0 Å². The summed E-state index contributed by atoms with van der Waals surface area (Å²) in [5.41, 5.74) is 0.609. The first kappa shape index (κ1) is 18.7. The Bertz CT molecular complexity index is 830. The minimum absolute atomic E-state index is 0.00126. The number of amides is 2. The van der Waals surface area contributed by atoms with Crippen LogP contribution >= 0.6 is 11.6 Å². The summed E-state index contributed by atoms with van der Waals surface area (Å²) in [5.74, 6) is 0.545. The van der Waals surface area contributed by atoms with Crippen LogP contribution in [0.2, 0.25) is 5.02 Å². The van der Waals surface area contributed by atoms with Gasteiger partial charge in [0, 0.05) is 41.1 Å². The molecule has 7 heteroatoms. The molecule has 0 radical (unpaired) electrons. The van der Waals surface area contributed by atoms with Crippen molar-refractivity contribution in [3.05, 3.63) is 59.4 Å². The van der Waals surface area contributed by atoms with Gasteiger partial charge in [0.1, 0.15) is 5.75 Å². The van der Waals surface area contributed by atoms with Gasteiger partial charge < -0.3 is 15.0 Å². The van der Waals surface area contributed by atoms with Crippen LogP contribution in [0, 0.1) is 0 Å². The number of ether oxygens (including phenoxy) is 1. The highest BCUT2D eigenvalue weighted by atomic mass is 35.5. The maximum atomic E-state index is 12.7. The lowest BCUT2D eigenvalue weighted by molar-refractivity contribution is -0.138. The lowest BCUT2D eigenvalue weighted by Crippen LogP contribution is -2.53. The maximum absolute atomic E-state index is 12.7. The van der Waals surface area contributed by atoms with E-state index in [1.807, 2.05) is 4.90 Å². The third-order valence-corrected chi connectivity index (χ3v) is 5.73. The number of aromatic nitrogens is 1. The molecule has 2 aliphatic rings. The molecule has 1 aromatic heterocycles. The van der Waals surface area contributed by atoms with Crippen molar-refractivity contribution in [2.24, 2.45) is 0 Å². The number of carbonyl (C=O) groups excluding carboxylic acids is 2. The van der Waals surface area contributed by atoms with Crippen LogP contribution in [-0.2, 0) is 4.79 Å². The fourth-order valence-electron chi connectivity index (χ4n) is 4.22. The average Bonchev–Trinajstić information content (AvgIpc) is 2.98. The van der Waals surface area contributed by atoms with Crippen LogP contribution in [0.1, 0.15) is 36.0 Å². The molecule has 28 heavy (non-hydrogen) atoms. The Balaban J connectivity index is 1.32. The SMILES string of the molecule is O=C(NC1C[C@H]2CC[C@@H](C1)N2C(=O)COc1ccc(Cl)cc1)c1ccncc1. The fourth-order valence-corrected chi connectivity index (χ4v) is 4.35. The lowest BCUT2D eigenvalue weighted by Gasteiger charge is -2.39. The van der Waals surface area contributed by atoms with E-state index in [1.54, 1.807) is 48.8 Å². The lowest BCUT2D eigenvalue weighted by atomic mass is 9.97. The Labute approximate surface area is 168 Å². The van der Waals surface area contributed by atoms with Crippen LogP contribution in [0.25, 0.3) is 0 Å². The zero-order chi connectivity index (χ0) is 19.5. The summed E-state index contributed by atoms with van der Waals surface area (Å²) in [4.78, 5) is 31.0. The molecular formula is C21H22ClN3O3. The summed E-state index contributed by atoms with van der Waals surface area (Å²) in [6, 6.07) is 10.8. The normalized spacial score (nSPS) is 23.3. The average molecular weight is 400 g/mol. The van der Waals surface area contributed by atoms with Gasteiger partial charge >= 0.3 is 0 Å². The molecule has 2 amide bonds. The second kappa shape index (κ2) is 8.19. The van der Waals surface area contributed by atoms with Crippen LogP contribution in [0.15, 0.2) is 48.8 Å². The molecule has 0 spiro atoms. The molecule has 4 rings (SSSR count). The first-order valence-corrected chi connectivity index (χ1v) is 9.88. The zero-order valence-corrected chi connectivity index (χ0v) is 16.1. The van der Waals surface area contributed by atoms with Crippen molar-refractivity contribution in [3.63, 3.8) is 0 Å². The predicted molar refractivity (Wildman–Crippen MR) is 105 cm³/mol. The van der Waals surface area contributed by atoms with Crippen molar-refractivity contribution < 1.29 is 14.3 Å². The monoisotopic (exact) mass is 399 g/mol. The zero-order valence-electron chi connectivity index (χ0n) is 15.4. The third-order valence-electron chi connectivity index (χ3n) is 5.47. The summed E-state index contributed by atoms with van der Waals surface area (Å²) >= 11 is 5.87. The van der Waals surface area contributed by atoms with Crippen molar-refractivity contribution in [2.75, 3.05) is 6.61 Å². The second-order valence-electron chi connectivity index (χ2n) is 7.31. The van der Waals surface area contributed by atoms with E-state index < -0.39 is 0 Å². The van der Waals surface area contributed by atoms with E-state index in [0.29, 0.717) is 16.3 Å². The van der Waals surface area contributed by atoms with E-state index in [0.717, 1.165) is 25.7 Å². The molecule has 6 nitrogen and oxygen atoms in total. The van der Waals surface area contributed by atoms with Crippen molar-refractivity contribution >= 4 is 23.4 Å². The number of rotatable bonds is 5. The predicted octanol–water partition coefficient (Wildman–Crippen LogP) is 3.07. The number of nitrogens with zero attached hydrogens (tertiary/aromatic N) is 2. The molecular weight excluding hydrogens is 378 g/mol. The van der Waals surface area contributed by atoms with Crippen LogP contribution < -0.4 is 10.1 Å². The molecule has 0 aliphatic carbocycles. The summed E-state index contributed by atoms with van der Waals surface area (Å²) in [5, 5.41) is 3.74. The minimum atomic E-state index is -0.0855. The van der Waals surface area contributed by atoms with Gasteiger partial charge in [0.2, 0.25) is 0 Å². The molecule has 2 bridgehead atoms. The summed E-state index contributed by atoms with van der Waals surface area (Å²) in [7, 11) is 0. The van der Waals surface area contributed by atoms with E-state index in [9.17, 15) is 9.59 Å². The third kappa shape index (κ3) is 4.12. The van der Waals surface area contributed by atoms with Gasteiger partial charge in [-0.3, -0.25) is 14.6 Å². The van der Waals surface area contributed by atoms with Crippen LogP contribution in [0.4, 0.5) is 0 Å². The summed E-state index contributed by atoms with van der Waals surface area (Å²) in [6.45, 7) is 0.0165. The second-order valence-corrected chi connectivity index (χ2v) is 7.74. The molecule has 2 aliphatic heterocycles. The highest BCUT2D eigenvalue weighted by molar-refractivity contribution is 6.30. The number of hydrogen-bond acceptors (Lipinski definition) is 4. The quantitative estimate of drug-likeness (QED) is 0.838. The van der Waals surface area contributed by atoms with Gasteiger partial charge in [-0.1, -0.05) is 11.6 Å². The topological polar surface area (TPSA) is 71.5 Å². The van der Waals surface area contributed by atoms with Gasteiger partial charge in [-0.2, -0.15) is 0 Å². The maximum Gasteiger partial charge on any atom is 0.261 e.